The van der Waals surface area contributed by atoms with Crippen molar-refractivity contribution in [2.45, 2.75) is 44.2 Å². The lowest BCUT2D eigenvalue weighted by Gasteiger charge is -2.54. The van der Waals surface area contributed by atoms with Gasteiger partial charge in [0.1, 0.15) is 0 Å². The van der Waals surface area contributed by atoms with Crippen LogP contribution in [0.4, 0.5) is 0 Å². The highest BCUT2D eigenvalue weighted by Gasteiger charge is 2.59. The summed E-state index contributed by atoms with van der Waals surface area (Å²) in [5.74, 6) is 1.12. The molecule has 1 aromatic rings. The third kappa shape index (κ3) is 2.84. The van der Waals surface area contributed by atoms with E-state index in [0.29, 0.717) is 17.8 Å². The summed E-state index contributed by atoms with van der Waals surface area (Å²) in [5, 5.41) is 3.22. The van der Waals surface area contributed by atoms with Gasteiger partial charge in [0.15, 0.2) is 0 Å². The molecule has 3 rings (SSSR count). The Hall–Kier alpha value is -1.00. The number of ether oxygens (including phenoxy) is 1. The van der Waals surface area contributed by atoms with Gasteiger partial charge in [-0.3, -0.25) is 4.79 Å². The van der Waals surface area contributed by atoms with Crippen LogP contribution in [0.3, 0.4) is 0 Å². The molecule has 0 unspecified atom stereocenters. The van der Waals surface area contributed by atoms with Gasteiger partial charge in [-0.25, -0.2) is 0 Å². The Kier molecular flexibility index (Phi) is 4.02. The Morgan fingerprint density at radius 3 is 2.81 bits per heavy atom. The fourth-order valence-corrected chi connectivity index (χ4v) is 4.33. The van der Waals surface area contributed by atoms with E-state index in [1.54, 1.807) is 11.8 Å². The molecule has 3 nitrogen and oxygen atoms in total. The standard InChI is InChI=1S/C17H23NO2S/c1-11-4-6-12(7-5-11)21-10-14(19)18-15-13-8-9-20-16(13)17(15,2)3/h4-7,13,15-16H,8-10H2,1-3H3,(H,18,19)/t13-,15-,16+/m1/s1. The maximum absolute atomic E-state index is 12.2. The largest absolute Gasteiger partial charge is 0.377 e. The van der Waals surface area contributed by atoms with Crippen molar-refractivity contribution in [3.05, 3.63) is 29.8 Å². The summed E-state index contributed by atoms with van der Waals surface area (Å²) in [7, 11) is 0. The number of hydrogen-bond acceptors (Lipinski definition) is 3. The Labute approximate surface area is 130 Å². The summed E-state index contributed by atoms with van der Waals surface area (Å²) in [6, 6.07) is 8.56. The number of hydrogen-bond donors (Lipinski definition) is 1. The molecule has 0 spiro atoms. The summed E-state index contributed by atoms with van der Waals surface area (Å²) < 4.78 is 5.76. The monoisotopic (exact) mass is 305 g/mol. The predicted molar refractivity (Wildman–Crippen MR) is 85.5 cm³/mol. The average molecular weight is 305 g/mol. The van der Waals surface area contributed by atoms with E-state index >= 15 is 0 Å². The topological polar surface area (TPSA) is 38.3 Å². The first kappa shape index (κ1) is 14.9. The van der Waals surface area contributed by atoms with Crippen molar-refractivity contribution < 1.29 is 9.53 Å². The lowest BCUT2D eigenvalue weighted by Crippen LogP contribution is -2.66. The van der Waals surface area contributed by atoms with Crippen molar-refractivity contribution in [1.29, 1.82) is 0 Å². The number of carbonyl (C=O) groups is 1. The smallest absolute Gasteiger partial charge is 0.230 e. The highest BCUT2D eigenvalue weighted by molar-refractivity contribution is 8.00. The molecule has 21 heavy (non-hydrogen) atoms. The van der Waals surface area contributed by atoms with Gasteiger partial charge >= 0.3 is 0 Å². The molecule has 4 heteroatoms. The van der Waals surface area contributed by atoms with Crippen molar-refractivity contribution >= 4 is 17.7 Å². The van der Waals surface area contributed by atoms with E-state index in [4.69, 9.17) is 4.74 Å². The number of benzene rings is 1. The Morgan fingerprint density at radius 1 is 1.38 bits per heavy atom. The Bertz CT molecular complexity index is 526. The SMILES string of the molecule is Cc1ccc(SCC(=O)N[C@@H]2[C@H]3CCO[C@@H]3C2(C)C)cc1. The number of aryl methyl sites for hydroxylation is 1. The molecule has 1 aliphatic carbocycles. The number of carbonyl (C=O) groups excluding carboxylic acids is 1. The van der Waals surface area contributed by atoms with Crippen molar-refractivity contribution in [2.24, 2.45) is 11.3 Å². The van der Waals surface area contributed by atoms with E-state index < -0.39 is 0 Å². The normalized spacial score (nSPS) is 29.6. The number of rotatable bonds is 4. The fraction of sp³-hybridized carbons (Fsp3) is 0.588. The third-order valence-corrected chi connectivity index (χ3v) is 5.82. The molecular weight excluding hydrogens is 282 g/mol. The van der Waals surface area contributed by atoms with Crippen LogP contribution in [0.2, 0.25) is 0 Å². The molecule has 1 amide bonds. The van der Waals surface area contributed by atoms with Crippen LogP contribution < -0.4 is 5.32 Å². The van der Waals surface area contributed by atoms with Gasteiger partial charge in [-0.15, -0.1) is 11.8 Å². The highest BCUT2D eigenvalue weighted by Crippen LogP contribution is 2.52. The van der Waals surface area contributed by atoms with Gasteiger partial charge in [0.25, 0.3) is 0 Å². The molecule has 0 radical (unpaired) electrons. The zero-order chi connectivity index (χ0) is 15.0. The van der Waals surface area contributed by atoms with E-state index in [9.17, 15) is 4.79 Å². The number of nitrogens with one attached hydrogen (secondary N) is 1. The molecule has 1 aliphatic heterocycles. The quantitative estimate of drug-likeness (QED) is 0.869. The summed E-state index contributed by atoms with van der Waals surface area (Å²) in [6.07, 6.45) is 1.40. The molecular formula is C17H23NO2S. The number of amides is 1. The maximum Gasteiger partial charge on any atom is 0.230 e. The second kappa shape index (κ2) is 5.65. The minimum Gasteiger partial charge on any atom is -0.377 e. The summed E-state index contributed by atoms with van der Waals surface area (Å²) in [4.78, 5) is 13.3. The maximum atomic E-state index is 12.2. The number of fused-ring (bicyclic) bond motifs is 1. The van der Waals surface area contributed by atoms with Gasteiger partial charge < -0.3 is 10.1 Å². The van der Waals surface area contributed by atoms with E-state index in [1.807, 2.05) is 0 Å². The second-order valence-electron chi connectivity index (χ2n) is 6.71. The van der Waals surface area contributed by atoms with Gasteiger partial charge in [-0.2, -0.15) is 0 Å². The van der Waals surface area contributed by atoms with Crippen molar-refractivity contribution in [3.63, 3.8) is 0 Å². The lowest BCUT2D eigenvalue weighted by molar-refractivity contribution is -0.135. The van der Waals surface area contributed by atoms with E-state index in [-0.39, 0.29) is 17.4 Å². The van der Waals surface area contributed by atoms with Crippen LogP contribution >= 0.6 is 11.8 Å². The summed E-state index contributed by atoms with van der Waals surface area (Å²) >= 11 is 1.60. The predicted octanol–water partition coefficient (Wildman–Crippen LogP) is 3.02. The first-order valence-electron chi connectivity index (χ1n) is 7.59. The third-order valence-electron chi connectivity index (χ3n) is 4.81. The molecule has 114 valence electrons. The van der Waals surface area contributed by atoms with E-state index in [1.165, 1.54) is 5.56 Å². The molecule has 1 N–H and O–H groups in total. The zero-order valence-electron chi connectivity index (χ0n) is 12.9. The van der Waals surface area contributed by atoms with Crippen LogP contribution in [-0.2, 0) is 9.53 Å². The van der Waals surface area contributed by atoms with Crippen molar-refractivity contribution in [3.8, 4) is 0 Å². The van der Waals surface area contributed by atoms with E-state index in [2.05, 4.69) is 50.4 Å². The first-order valence-corrected chi connectivity index (χ1v) is 8.57. The fourth-order valence-electron chi connectivity index (χ4n) is 3.62. The average Bonchev–Trinajstić information content (AvgIpc) is 2.91. The van der Waals surface area contributed by atoms with E-state index in [0.717, 1.165) is 17.9 Å². The first-order chi connectivity index (χ1) is 9.98. The zero-order valence-corrected chi connectivity index (χ0v) is 13.7. The molecule has 0 aromatic heterocycles. The van der Waals surface area contributed by atoms with Crippen LogP contribution in [-0.4, -0.2) is 30.4 Å². The van der Waals surface area contributed by atoms with Crippen LogP contribution in [0.1, 0.15) is 25.8 Å². The minimum atomic E-state index is 0.0609. The number of thioether (sulfide) groups is 1. The van der Waals surface area contributed by atoms with Gasteiger partial charge in [-0.05, 0) is 25.5 Å². The molecule has 2 aliphatic rings. The molecule has 1 aromatic carbocycles. The lowest BCUT2D eigenvalue weighted by atomic mass is 9.57. The van der Waals surface area contributed by atoms with Crippen LogP contribution in [0.15, 0.2) is 29.2 Å². The highest BCUT2D eigenvalue weighted by atomic mass is 32.2. The van der Waals surface area contributed by atoms with Gasteiger partial charge in [0.05, 0.1) is 11.9 Å². The summed E-state index contributed by atoms with van der Waals surface area (Å²) in [5.41, 5.74) is 1.30. The minimum absolute atomic E-state index is 0.0609. The van der Waals surface area contributed by atoms with Crippen molar-refractivity contribution in [2.75, 3.05) is 12.4 Å². The van der Waals surface area contributed by atoms with Gasteiger partial charge in [0.2, 0.25) is 5.91 Å². The van der Waals surface area contributed by atoms with Crippen molar-refractivity contribution in [1.82, 2.24) is 5.32 Å². The Morgan fingerprint density at radius 2 is 2.10 bits per heavy atom. The molecule has 3 atom stereocenters. The van der Waals surface area contributed by atoms with Crippen LogP contribution in [0.5, 0.6) is 0 Å². The van der Waals surface area contributed by atoms with Gasteiger partial charge in [-0.1, -0.05) is 31.5 Å². The molecule has 1 heterocycles. The summed E-state index contributed by atoms with van der Waals surface area (Å²) in [6.45, 7) is 7.29. The second-order valence-corrected chi connectivity index (χ2v) is 7.76. The molecule has 0 bridgehead atoms. The van der Waals surface area contributed by atoms with Crippen LogP contribution in [0.25, 0.3) is 0 Å². The molecule has 1 saturated carbocycles. The Balaban J connectivity index is 1.51. The van der Waals surface area contributed by atoms with Gasteiger partial charge in [0, 0.05) is 28.9 Å². The van der Waals surface area contributed by atoms with Crippen LogP contribution in [0, 0.1) is 18.3 Å². The molecule has 1 saturated heterocycles. The molecule has 2 fully saturated rings.